The predicted molar refractivity (Wildman–Crippen MR) is 67.9 cm³/mol. The molecular formula is C13H12BrNO. The first-order valence-corrected chi connectivity index (χ1v) is 6.38. The highest BCUT2D eigenvalue weighted by Gasteiger charge is 2.20. The largest absolute Gasteiger partial charge is 0.352 e. The molecule has 0 unspecified atom stereocenters. The van der Waals surface area contributed by atoms with E-state index in [1.807, 2.05) is 12.1 Å². The lowest BCUT2D eigenvalue weighted by Crippen LogP contribution is -1.98. The zero-order chi connectivity index (χ0) is 11.1. The van der Waals surface area contributed by atoms with Crippen molar-refractivity contribution in [1.82, 2.24) is 4.98 Å². The summed E-state index contributed by atoms with van der Waals surface area (Å²) in [6.07, 6.45) is 3.81. The lowest BCUT2D eigenvalue weighted by molar-refractivity contribution is 0.0978. The summed E-state index contributed by atoms with van der Waals surface area (Å²) < 4.78 is 1.07. The van der Waals surface area contributed by atoms with E-state index in [2.05, 4.69) is 27.0 Å². The van der Waals surface area contributed by atoms with E-state index in [4.69, 9.17) is 0 Å². The molecule has 0 fully saturated rings. The number of hydrogen-bond donors (Lipinski definition) is 1. The molecule has 0 amide bonds. The summed E-state index contributed by atoms with van der Waals surface area (Å²) in [6.45, 7) is 0. The van der Waals surface area contributed by atoms with Crippen LogP contribution in [0.1, 0.15) is 35.3 Å². The van der Waals surface area contributed by atoms with Crippen LogP contribution in [0.2, 0.25) is 0 Å². The van der Waals surface area contributed by atoms with Crippen LogP contribution in [0.15, 0.2) is 22.7 Å². The average Bonchev–Trinajstić information content (AvgIpc) is 2.52. The lowest BCUT2D eigenvalue weighted by Gasteiger charge is -1.97. The van der Waals surface area contributed by atoms with Crippen molar-refractivity contribution in [2.45, 2.75) is 25.7 Å². The summed E-state index contributed by atoms with van der Waals surface area (Å²) >= 11 is 3.48. The molecule has 1 aromatic carbocycles. The molecule has 1 aromatic heterocycles. The van der Waals surface area contributed by atoms with E-state index in [0.29, 0.717) is 6.42 Å². The maximum Gasteiger partial charge on any atom is 0.179 e. The van der Waals surface area contributed by atoms with Crippen molar-refractivity contribution in [3.8, 4) is 0 Å². The van der Waals surface area contributed by atoms with Crippen LogP contribution >= 0.6 is 15.9 Å². The number of Topliss-reactive ketones (excluding diaryl/α,β-unsaturated/α-hetero) is 1. The fraction of sp³-hybridized carbons (Fsp3) is 0.308. The second-order valence-corrected chi connectivity index (χ2v) is 5.21. The van der Waals surface area contributed by atoms with Crippen molar-refractivity contribution < 1.29 is 4.79 Å². The minimum absolute atomic E-state index is 0.264. The van der Waals surface area contributed by atoms with Gasteiger partial charge in [0.25, 0.3) is 0 Å². The highest BCUT2D eigenvalue weighted by Crippen LogP contribution is 2.30. The van der Waals surface area contributed by atoms with E-state index in [9.17, 15) is 4.79 Å². The Hall–Kier alpha value is -1.09. The van der Waals surface area contributed by atoms with Crippen LogP contribution in [-0.4, -0.2) is 10.8 Å². The minimum Gasteiger partial charge on any atom is -0.352 e. The molecule has 0 atom stereocenters. The number of halogens is 1. The highest BCUT2D eigenvalue weighted by atomic mass is 79.9. The minimum atomic E-state index is 0.264. The summed E-state index contributed by atoms with van der Waals surface area (Å²) in [5.74, 6) is 0.264. The van der Waals surface area contributed by atoms with Gasteiger partial charge in [0.05, 0.1) is 5.69 Å². The molecule has 82 valence electrons. The number of carbonyl (C=O) groups excluding carboxylic acids is 1. The van der Waals surface area contributed by atoms with Gasteiger partial charge >= 0.3 is 0 Å². The molecule has 1 aliphatic carbocycles. The van der Waals surface area contributed by atoms with Crippen molar-refractivity contribution in [1.29, 1.82) is 0 Å². The Labute approximate surface area is 102 Å². The third kappa shape index (κ3) is 1.50. The molecule has 2 nitrogen and oxygen atoms in total. The van der Waals surface area contributed by atoms with E-state index < -0.39 is 0 Å². The number of benzene rings is 1. The van der Waals surface area contributed by atoms with Crippen LogP contribution in [-0.2, 0) is 6.42 Å². The predicted octanol–water partition coefficient (Wildman–Crippen LogP) is 3.84. The zero-order valence-corrected chi connectivity index (χ0v) is 10.4. The van der Waals surface area contributed by atoms with Gasteiger partial charge in [-0.1, -0.05) is 15.9 Å². The summed E-state index contributed by atoms with van der Waals surface area (Å²) in [5.41, 5.74) is 3.12. The van der Waals surface area contributed by atoms with Crippen molar-refractivity contribution in [3.63, 3.8) is 0 Å². The Balaban J connectivity index is 2.30. The summed E-state index contributed by atoms with van der Waals surface area (Å²) in [4.78, 5) is 15.2. The first-order valence-electron chi connectivity index (χ1n) is 5.59. The van der Waals surface area contributed by atoms with Gasteiger partial charge in [0.1, 0.15) is 0 Å². The van der Waals surface area contributed by atoms with Gasteiger partial charge in [-0.2, -0.15) is 0 Å². The molecule has 0 radical (unpaired) electrons. The average molecular weight is 278 g/mol. The van der Waals surface area contributed by atoms with Gasteiger partial charge in [0.15, 0.2) is 5.78 Å². The Morgan fingerprint density at radius 1 is 1.19 bits per heavy atom. The van der Waals surface area contributed by atoms with Crippen molar-refractivity contribution in [3.05, 3.63) is 33.9 Å². The normalized spacial score (nSPS) is 16.2. The molecule has 1 N–H and O–H groups in total. The summed E-state index contributed by atoms with van der Waals surface area (Å²) in [6, 6.07) is 6.13. The number of aromatic nitrogens is 1. The highest BCUT2D eigenvalue weighted by molar-refractivity contribution is 9.10. The van der Waals surface area contributed by atoms with E-state index in [1.165, 1.54) is 10.9 Å². The van der Waals surface area contributed by atoms with E-state index in [1.54, 1.807) is 0 Å². The van der Waals surface area contributed by atoms with Gasteiger partial charge in [-0.25, -0.2) is 0 Å². The molecule has 1 aliphatic rings. The molecule has 0 saturated heterocycles. The number of aryl methyl sites for hydroxylation is 1. The summed E-state index contributed by atoms with van der Waals surface area (Å²) in [5, 5.41) is 1.19. The molecule has 2 aromatic rings. The first kappa shape index (κ1) is 10.1. The Morgan fingerprint density at radius 3 is 2.88 bits per heavy atom. The number of hydrogen-bond acceptors (Lipinski definition) is 1. The van der Waals surface area contributed by atoms with Crippen LogP contribution in [0.4, 0.5) is 0 Å². The molecule has 1 heterocycles. The maximum atomic E-state index is 11.9. The van der Waals surface area contributed by atoms with Crippen LogP contribution in [0.3, 0.4) is 0 Å². The smallest absolute Gasteiger partial charge is 0.179 e. The van der Waals surface area contributed by atoms with E-state index in [-0.39, 0.29) is 5.78 Å². The van der Waals surface area contributed by atoms with Crippen molar-refractivity contribution in [2.75, 3.05) is 0 Å². The standard InChI is InChI=1S/C13H12BrNO/c14-8-5-6-11-10(7-8)9-3-1-2-4-12(16)13(9)15-11/h5-7,15H,1-4H2. The second-order valence-electron chi connectivity index (χ2n) is 4.30. The van der Waals surface area contributed by atoms with Crippen LogP contribution in [0, 0.1) is 0 Å². The molecule has 3 heteroatoms. The number of H-pyrrole nitrogens is 1. The van der Waals surface area contributed by atoms with Gasteiger partial charge < -0.3 is 4.98 Å². The third-order valence-corrected chi connectivity index (χ3v) is 3.72. The topological polar surface area (TPSA) is 32.9 Å². The fourth-order valence-corrected chi connectivity index (χ4v) is 2.79. The molecule has 0 bridgehead atoms. The number of aromatic amines is 1. The number of ketones is 1. The monoisotopic (exact) mass is 277 g/mol. The molecule has 3 rings (SSSR count). The Kier molecular flexibility index (Phi) is 2.36. The summed E-state index contributed by atoms with van der Waals surface area (Å²) in [7, 11) is 0. The number of fused-ring (bicyclic) bond motifs is 3. The lowest BCUT2D eigenvalue weighted by atomic mass is 10.1. The zero-order valence-electron chi connectivity index (χ0n) is 8.85. The number of rotatable bonds is 0. The number of nitrogens with one attached hydrogen (secondary N) is 1. The quantitative estimate of drug-likeness (QED) is 0.730. The van der Waals surface area contributed by atoms with Gasteiger partial charge in [-0.3, -0.25) is 4.79 Å². The molecule has 0 aliphatic heterocycles. The van der Waals surface area contributed by atoms with Crippen molar-refractivity contribution >= 4 is 32.6 Å². The second kappa shape index (κ2) is 3.74. The van der Waals surface area contributed by atoms with Gasteiger partial charge in [0, 0.05) is 21.8 Å². The Morgan fingerprint density at radius 2 is 2.00 bits per heavy atom. The Bertz CT molecular complexity index is 571. The molecule has 0 saturated carbocycles. The third-order valence-electron chi connectivity index (χ3n) is 3.23. The molecule has 16 heavy (non-hydrogen) atoms. The fourth-order valence-electron chi connectivity index (χ4n) is 2.43. The van der Waals surface area contributed by atoms with Crippen LogP contribution in [0.5, 0.6) is 0 Å². The molecular weight excluding hydrogens is 266 g/mol. The van der Waals surface area contributed by atoms with Crippen LogP contribution in [0.25, 0.3) is 10.9 Å². The van der Waals surface area contributed by atoms with Crippen molar-refractivity contribution in [2.24, 2.45) is 0 Å². The molecule has 0 spiro atoms. The van der Waals surface area contributed by atoms with Gasteiger partial charge in [-0.05, 0) is 43.0 Å². The SMILES string of the molecule is O=C1CCCCc2c1[nH]c1ccc(Br)cc21. The van der Waals surface area contributed by atoms with E-state index >= 15 is 0 Å². The van der Waals surface area contributed by atoms with E-state index in [0.717, 1.165) is 34.9 Å². The maximum absolute atomic E-state index is 11.9. The van der Waals surface area contributed by atoms with Gasteiger partial charge in [0.2, 0.25) is 0 Å². The first-order chi connectivity index (χ1) is 7.75. The van der Waals surface area contributed by atoms with Crippen LogP contribution < -0.4 is 0 Å². The van der Waals surface area contributed by atoms with Gasteiger partial charge in [-0.15, -0.1) is 0 Å². The number of carbonyl (C=O) groups is 1.